The summed E-state index contributed by atoms with van der Waals surface area (Å²) in [5, 5.41) is 8.59. The second-order valence-electron chi connectivity index (χ2n) is 3.37. The van der Waals surface area contributed by atoms with E-state index in [0.717, 1.165) is 25.7 Å². The van der Waals surface area contributed by atoms with E-state index < -0.39 is 0 Å². The average molecular weight is 189 g/mol. The van der Waals surface area contributed by atoms with Crippen molar-refractivity contribution in [2.75, 3.05) is 19.8 Å². The Balaban J connectivity index is 3.68. The van der Waals surface area contributed by atoms with Crippen LogP contribution >= 0.6 is 0 Å². The molecule has 0 bridgehead atoms. The van der Waals surface area contributed by atoms with Gasteiger partial charge in [-0.05, 0) is 25.7 Å². The number of aliphatic hydroxyl groups is 1. The van der Waals surface area contributed by atoms with Crippen LogP contribution in [-0.2, 0) is 4.74 Å². The van der Waals surface area contributed by atoms with Crippen molar-refractivity contribution in [3.8, 4) is 0 Å². The Labute approximate surface area is 81.3 Å². The molecule has 0 aromatic carbocycles. The van der Waals surface area contributed by atoms with E-state index >= 15 is 0 Å². The summed E-state index contributed by atoms with van der Waals surface area (Å²) in [6.45, 7) is 5.74. The summed E-state index contributed by atoms with van der Waals surface area (Å²) in [6.07, 6.45) is 3.64. The second-order valence-corrected chi connectivity index (χ2v) is 3.37. The van der Waals surface area contributed by atoms with Gasteiger partial charge < -0.3 is 15.6 Å². The monoisotopic (exact) mass is 189 g/mol. The van der Waals surface area contributed by atoms with Crippen molar-refractivity contribution in [3.63, 3.8) is 0 Å². The minimum atomic E-state index is -0.130. The van der Waals surface area contributed by atoms with Crippen molar-refractivity contribution in [3.05, 3.63) is 0 Å². The van der Waals surface area contributed by atoms with Crippen LogP contribution in [0, 0.1) is 0 Å². The molecule has 0 heterocycles. The number of aliphatic hydroxyl groups excluding tert-OH is 1. The van der Waals surface area contributed by atoms with Gasteiger partial charge in [-0.25, -0.2) is 0 Å². The highest BCUT2D eigenvalue weighted by molar-refractivity contribution is 4.78. The second kappa shape index (κ2) is 7.30. The molecular formula is C10H23NO2. The smallest absolute Gasteiger partial charge is 0.0798 e. The minimum Gasteiger partial charge on any atom is -0.396 e. The molecule has 0 rings (SSSR count). The van der Waals surface area contributed by atoms with Gasteiger partial charge in [0.1, 0.15) is 0 Å². The van der Waals surface area contributed by atoms with E-state index in [1.807, 2.05) is 0 Å². The molecule has 0 fully saturated rings. The molecule has 3 nitrogen and oxygen atoms in total. The number of rotatable bonds is 8. The van der Waals surface area contributed by atoms with Gasteiger partial charge in [0.05, 0.1) is 5.60 Å². The third-order valence-electron chi connectivity index (χ3n) is 2.62. The lowest BCUT2D eigenvalue weighted by atomic mass is 9.97. The van der Waals surface area contributed by atoms with Gasteiger partial charge in [-0.15, -0.1) is 0 Å². The molecule has 80 valence electrons. The normalized spacial score (nSPS) is 12.0. The number of ether oxygens (including phenoxy) is 1. The summed E-state index contributed by atoms with van der Waals surface area (Å²) in [4.78, 5) is 0. The number of hydrogen-bond donors (Lipinski definition) is 2. The zero-order valence-corrected chi connectivity index (χ0v) is 8.88. The SMILES string of the molecule is CCC(CC)(CN)OCCCCO. The molecule has 0 atom stereocenters. The lowest BCUT2D eigenvalue weighted by molar-refractivity contribution is -0.0464. The molecule has 0 aromatic heterocycles. The Hall–Kier alpha value is -0.120. The van der Waals surface area contributed by atoms with E-state index in [2.05, 4.69) is 13.8 Å². The number of nitrogens with two attached hydrogens (primary N) is 1. The van der Waals surface area contributed by atoms with Gasteiger partial charge in [-0.2, -0.15) is 0 Å². The summed E-state index contributed by atoms with van der Waals surface area (Å²) >= 11 is 0. The largest absolute Gasteiger partial charge is 0.396 e. The first-order valence-corrected chi connectivity index (χ1v) is 5.19. The van der Waals surface area contributed by atoms with Crippen LogP contribution in [0.5, 0.6) is 0 Å². The van der Waals surface area contributed by atoms with E-state index in [1.165, 1.54) is 0 Å². The van der Waals surface area contributed by atoms with Gasteiger partial charge in [0.2, 0.25) is 0 Å². The minimum absolute atomic E-state index is 0.130. The van der Waals surface area contributed by atoms with Crippen LogP contribution < -0.4 is 5.73 Å². The predicted molar refractivity (Wildman–Crippen MR) is 54.6 cm³/mol. The third kappa shape index (κ3) is 4.60. The van der Waals surface area contributed by atoms with Crippen molar-refractivity contribution in [2.45, 2.75) is 45.1 Å². The predicted octanol–water partition coefficient (Wildman–Crippen LogP) is 1.29. The molecule has 0 unspecified atom stereocenters. The topological polar surface area (TPSA) is 55.5 Å². The molecule has 0 saturated heterocycles. The molecule has 0 aliphatic rings. The summed E-state index contributed by atoms with van der Waals surface area (Å²) in [7, 11) is 0. The molecule has 0 aliphatic carbocycles. The van der Waals surface area contributed by atoms with E-state index in [-0.39, 0.29) is 12.2 Å². The van der Waals surface area contributed by atoms with Crippen LogP contribution in [0.4, 0.5) is 0 Å². The van der Waals surface area contributed by atoms with Crippen LogP contribution in [0.25, 0.3) is 0 Å². The van der Waals surface area contributed by atoms with E-state index in [9.17, 15) is 0 Å². The molecule has 0 spiro atoms. The Kier molecular flexibility index (Phi) is 7.23. The highest BCUT2D eigenvalue weighted by atomic mass is 16.5. The fourth-order valence-corrected chi connectivity index (χ4v) is 1.30. The lowest BCUT2D eigenvalue weighted by Crippen LogP contribution is -2.39. The van der Waals surface area contributed by atoms with Gasteiger partial charge in [-0.3, -0.25) is 0 Å². The molecule has 13 heavy (non-hydrogen) atoms. The first-order chi connectivity index (χ1) is 6.24. The zero-order valence-electron chi connectivity index (χ0n) is 8.88. The highest BCUT2D eigenvalue weighted by Gasteiger charge is 2.24. The van der Waals surface area contributed by atoms with Crippen LogP contribution in [0.3, 0.4) is 0 Å². The molecular weight excluding hydrogens is 166 g/mol. The Morgan fingerprint density at radius 1 is 1.23 bits per heavy atom. The van der Waals surface area contributed by atoms with Crippen LogP contribution in [0.1, 0.15) is 39.5 Å². The molecule has 0 amide bonds. The van der Waals surface area contributed by atoms with Crippen molar-refractivity contribution in [1.29, 1.82) is 0 Å². The van der Waals surface area contributed by atoms with Gasteiger partial charge in [-0.1, -0.05) is 13.8 Å². The Morgan fingerprint density at radius 3 is 2.23 bits per heavy atom. The quantitative estimate of drug-likeness (QED) is 0.566. The van der Waals surface area contributed by atoms with E-state index in [0.29, 0.717) is 13.2 Å². The molecule has 0 aliphatic heterocycles. The lowest BCUT2D eigenvalue weighted by Gasteiger charge is -2.30. The van der Waals surface area contributed by atoms with Crippen molar-refractivity contribution >= 4 is 0 Å². The molecule has 0 aromatic rings. The molecule has 0 saturated carbocycles. The van der Waals surface area contributed by atoms with Crippen LogP contribution in [0.15, 0.2) is 0 Å². The van der Waals surface area contributed by atoms with Crippen molar-refractivity contribution < 1.29 is 9.84 Å². The van der Waals surface area contributed by atoms with E-state index in [1.54, 1.807) is 0 Å². The highest BCUT2D eigenvalue weighted by Crippen LogP contribution is 2.19. The summed E-state index contributed by atoms with van der Waals surface area (Å²) in [6, 6.07) is 0. The van der Waals surface area contributed by atoms with Crippen molar-refractivity contribution in [2.24, 2.45) is 5.73 Å². The van der Waals surface area contributed by atoms with E-state index in [4.69, 9.17) is 15.6 Å². The van der Waals surface area contributed by atoms with Gasteiger partial charge >= 0.3 is 0 Å². The average Bonchev–Trinajstić information content (AvgIpc) is 2.20. The van der Waals surface area contributed by atoms with Crippen LogP contribution in [-0.4, -0.2) is 30.5 Å². The fraction of sp³-hybridized carbons (Fsp3) is 1.00. The Bertz CT molecular complexity index is 105. The molecule has 0 radical (unpaired) electrons. The van der Waals surface area contributed by atoms with Crippen molar-refractivity contribution in [1.82, 2.24) is 0 Å². The maximum atomic E-state index is 8.59. The zero-order chi connectivity index (χ0) is 10.2. The molecule has 3 heteroatoms. The Morgan fingerprint density at radius 2 is 1.85 bits per heavy atom. The third-order valence-corrected chi connectivity index (χ3v) is 2.62. The number of unbranched alkanes of at least 4 members (excludes halogenated alkanes) is 1. The number of hydrogen-bond acceptors (Lipinski definition) is 3. The summed E-state index contributed by atoms with van der Waals surface area (Å²) in [5.74, 6) is 0. The van der Waals surface area contributed by atoms with Gasteiger partial charge in [0.15, 0.2) is 0 Å². The van der Waals surface area contributed by atoms with Gasteiger partial charge in [0, 0.05) is 19.8 Å². The summed E-state index contributed by atoms with van der Waals surface area (Å²) < 4.78 is 5.74. The van der Waals surface area contributed by atoms with Crippen LogP contribution in [0.2, 0.25) is 0 Å². The standard InChI is InChI=1S/C10H23NO2/c1-3-10(4-2,9-11)13-8-6-5-7-12/h12H,3-9,11H2,1-2H3. The summed E-state index contributed by atoms with van der Waals surface area (Å²) in [5.41, 5.74) is 5.54. The fourth-order valence-electron chi connectivity index (χ4n) is 1.30. The molecule has 3 N–H and O–H groups in total. The first-order valence-electron chi connectivity index (χ1n) is 5.19. The first kappa shape index (κ1) is 12.9. The maximum absolute atomic E-state index is 8.59. The van der Waals surface area contributed by atoms with Gasteiger partial charge in [0.25, 0.3) is 0 Å². The maximum Gasteiger partial charge on any atom is 0.0798 e.